The Morgan fingerprint density at radius 1 is 1.07 bits per heavy atom. The lowest BCUT2D eigenvalue weighted by atomic mass is 9.94. The first-order valence-electron chi connectivity index (χ1n) is 10.7. The van der Waals surface area contributed by atoms with Crippen LogP contribution in [0.1, 0.15) is 36.4 Å². The number of hydrogen-bond acceptors (Lipinski definition) is 7. The maximum Gasteiger partial charge on any atom is 0.228 e. The van der Waals surface area contributed by atoms with E-state index >= 15 is 0 Å². The van der Waals surface area contributed by atoms with Gasteiger partial charge in [0.15, 0.2) is 0 Å². The molecule has 1 aliphatic heterocycles. The van der Waals surface area contributed by atoms with Crippen molar-refractivity contribution in [1.82, 2.24) is 24.8 Å². The Balaban J connectivity index is 1.34. The largest absolute Gasteiger partial charge is 0.373 e. The third-order valence-electron chi connectivity index (χ3n) is 5.55. The molecule has 3 aromatic rings. The van der Waals surface area contributed by atoms with E-state index in [1.807, 2.05) is 25.4 Å². The number of benzene rings is 1. The Hall–Kier alpha value is -3.06. The second-order valence-electron chi connectivity index (χ2n) is 7.70. The van der Waals surface area contributed by atoms with Gasteiger partial charge in [0, 0.05) is 31.8 Å². The summed E-state index contributed by atoms with van der Waals surface area (Å²) in [4.78, 5) is 20.1. The van der Waals surface area contributed by atoms with Crippen molar-refractivity contribution in [1.29, 1.82) is 0 Å². The summed E-state index contributed by atoms with van der Waals surface area (Å²) in [6, 6.07) is 14.6. The molecule has 0 saturated carbocycles. The van der Waals surface area contributed by atoms with Gasteiger partial charge >= 0.3 is 0 Å². The number of anilines is 3. The maximum absolute atomic E-state index is 4.78. The third-order valence-corrected chi connectivity index (χ3v) is 5.55. The van der Waals surface area contributed by atoms with E-state index < -0.39 is 0 Å². The van der Waals surface area contributed by atoms with Gasteiger partial charge in [-0.15, -0.1) is 0 Å². The molecule has 0 spiro atoms. The first kappa shape index (κ1) is 20.2. The minimum absolute atomic E-state index is 0.442. The van der Waals surface area contributed by atoms with Crippen molar-refractivity contribution in [3.8, 4) is 0 Å². The van der Waals surface area contributed by atoms with Crippen LogP contribution in [-0.4, -0.2) is 51.5 Å². The van der Waals surface area contributed by atoms with E-state index in [-0.39, 0.29) is 0 Å². The lowest BCUT2D eigenvalue weighted by Crippen LogP contribution is -2.35. The van der Waals surface area contributed by atoms with Gasteiger partial charge in [0.05, 0.1) is 5.69 Å². The number of nitrogens with one attached hydrogen (secondary N) is 2. The molecule has 30 heavy (non-hydrogen) atoms. The zero-order valence-corrected chi connectivity index (χ0v) is 17.5. The molecule has 0 aliphatic carbocycles. The van der Waals surface area contributed by atoms with Crippen LogP contribution in [0.5, 0.6) is 0 Å². The normalized spacial score (nSPS) is 16.9. The van der Waals surface area contributed by atoms with Crippen molar-refractivity contribution in [3.05, 3.63) is 66.2 Å². The van der Waals surface area contributed by atoms with E-state index in [1.165, 1.54) is 37.7 Å². The zero-order chi connectivity index (χ0) is 20.6. The van der Waals surface area contributed by atoms with E-state index in [2.05, 4.69) is 60.8 Å². The smallest absolute Gasteiger partial charge is 0.228 e. The Kier molecular flexibility index (Phi) is 6.82. The van der Waals surface area contributed by atoms with Gasteiger partial charge in [0.2, 0.25) is 5.95 Å². The summed E-state index contributed by atoms with van der Waals surface area (Å²) >= 11 is 0. The molecule has 0 bridgehead atoms. The van der Waals surface area contributed by atoms with E-state index in [9.17, 15) is 0 Å². The predicted octanol–water partition coefficient (Wildman–Crippen LogP) is 3.86. The summed E-state index contributed by atoms with van der Waals surface area (Å²) in [7, 11) is 1.83. The summed E-state index contributed by atoms with van der Waals surface area (Å²) in [5, 5.41) is 6.21. The van der Waals surface area contributed by atoms with Crippen LogP contribution in [0.25, 0.3) is 0 Å². The molecule has 1 saturated heterocycles. The fourth-order valence-electron chi connectivity index (χ4n) is 3.99. The topological polar surface area (TPSA) is 78.9 Å². The average Bonchev–Trinajstić information content (AvgIpc) is 2.80. The Bertz CT molecular complexity index is 932. The molecule has 2 aromatic heterocycles. The molecule has 2 N–H and O–H groups in total. The number of aryl methyl sites for hydroxylation is 1. The number of aromatic nitrogens is 4. The molecule has 0 amide bonds. The van der Waals surface area contributed by atoms with Crippen molar-refractivity contribution in [2.24, 2.45) is 0 Å². The van der Waals surface area contributed by atoms with Gasteiger partial charge in [-0.05, 0) is 50.4 Å². The van der Waals surface area contributed by atoms with Crippen LogP contribution in [-0.2, 0) is 6.42 Å². The maximum atomic E-state index is 4.78. The lowest BCUT2D eigenvalue weighted by Gasteiger charge is -2.32. The van der Waals surface area contributed by atoms with Gasteiger partial charge in [-0.3, -0.25) is 0 Å². The number of likely N-dealkylation sites (tertiary alicyclic amines) is 1. The fraction of sp³-hybridized carbons (Fsp3) is 0.391. The zero-order valence-electron chi connectivity index (χ0n) is 17.5. The molecule has 1 fully saturated rings. The first-order chi connectivity index (χ1) is 14.8. The molecule has 0 radical (unpaired) electrons. The SMILES string of the molecule is CNc1cc(Nc2nccc([C@H]3CCCN(CCCc4ccccc4)C3)n2)ncn1. The predicted molar refractivity (Wildman–Crippen MR) is 120 cm³/mol. The van der Waals surface area contributed by atoms with Gasteiger partial charge in [-0.25, -0.2) is 19.9 Å². The van der Waals surface area contributed by atoms with Gasteiger partial charge in [0.1, 0.15) is 18.0 Å². The highest BCUT2D eigenvalue weighted by Crippen LogP contribution is 2.26. The van der Waals surface area contributed by atoms with Crippen LogP contribution >= 0.6 is 0 Å². The Morgan fingerprint density at radius 2 is 1.93 bits per heavy atom. The highest BCUT2D eigenvalue weighted by Gasteiger charge is 2.22. The number of nitrogens with zero attached hydrogens (tertiary/aromatic N) is 5. The third kappa shape index (κ3) is 5.51. The van der Waals surface area contributed by atoms with Crippen LogP contribution in [0.2, 0.25) is 0 Å². The van der Waals surface area contributed by atoms with Crippen LogP contribution in [0.3, 0.4) is 0 Å². The second kappa shape index (κ2) is 10.1. The minimum Gasteiger partial charge on any atom is -0.373 e. The minimum atomic E-state index is 0.442. The second-order valence-corrected chi connectivity index (χ2v) is 7.70. The number of piperidine rings is 1. The average molecular weight is 404 g/mol. The molecule has 4 rings (SSSR count). The molecule has 7 heteroatoms. The van der Waals surface area contributed by atoms with Crippen LogP contribution < -0.4 is 10.6 Å². The summed E-state index contributed by atoms with van der Waals surface area (Å²) < 4.78 is 0. The monoisotopic (exact) mass is 403 g/mol. The van der Waals surface area contributed by atoms with Crippen LogP contribution in [0.4, 0.5) is 17.6 Å². The van der Waals surface area contributed by atoms with Gasteiger partial charge in [0.25, 0.3) is 0 Å². The van der Waals surface area contributed by atoms with Gasteiger partial charge in [-0.2, -0.15) is 0 Å². The highest BCUT2D eigenvalue weighted by molar-refractivity contribution is 5.52. The number of hydrogen-bond donors (Lipinski definition) is 2. The summed E-state index contributed by atoms with van der Waals surface area (Å²) in [5.41, 5.74) is 2.52. The lowest BCUT2D eigenvalue weighted by molar-refractivity contribution is 0.204. The standard InChI is InChI=1S/C23H29N7/c1-24-21-15-22(27-17-26-21)29-23-25-12-11-20(28-23)19-10-6-14-30(16-19)13-5-9-18-7-3-2-4-8-18/h2-4,7-8,11-12,15,17,19H,5-6,9-10,13-14,16H2,1H3,(H2,24,25,26,27,28,29)/t19-/m0/s1. The molecule has 7 nitrogen and oxygen atoms in total. The molecule has 1 aromatic carbocycles. The first-order valence-corrected chi connectivity index (χ1v) is 10.7. The van der Waals surface area contributed by atoms with Crippen molar-refractivity contribution >= 4 is 17.6 Å². The van der Waals surface area contributed by atoms with E-state index in [4.69, 9.17) is 4.98 Å². The molecule has 0 unspecified atom stereocenters. The van der Waals surface area contributed by atoms with Crippen LogP contribution in [0, 0.1) is 0 Å². The van der Waals surface area contributed by atoms with Gasteiger partial charge < -0.3 is 15.5 Å². The summed E-state index contributed by atoms with van der Waals surface area (Å²) in [6.45, 7) is 3.37. The van der Waals surface area contributed by atoms with Crippen molar-refractivity contribution in [2.45, 2.75) is 31.6 Å². The van der Waals surface area contributed by atoms with E-state index in [0.29, 0.717) is 17.7 Å². The van der Waals surface area contributed by atoms with Gasteiger partial charge in [-0.1, -0.05) is 30.3 Å². The van der Waals surface area contributed by atoms with Crippen molar-refractivity contribution < 1.29 is 0 Å². The Morgan fingerprint density at radius 3 is 2.80 bits per heavy atom. The summed E-state index contributed by atoms with van der Waals surface area (Å²) in [5.74, 6) is 2.45. The molecular formula is C23H29N7. The molecule has 1 aliphatic rings. The molecular weight excluding hydrogens is 374 g/mol. The quantitative estimate of drug-likeness (QED) is 0.591. The fourth-order valence-corrected chi connectivity index (χ4v) is 3.99. The Labute approximate surface area is 178 Å². The highest BCUT2D eigenvalue weighted by atomic mass is 15.2. The summed E-state index contributed by atoms with van der Waals surface area (Å²) in [6.07, 6.45) is 8.06. The van der Waals surface area contributed by atoms with Crippen molar-refractivity contribution in [2.75, 3.05) is 37.3 Å². The van der Waals surface area contributed by atoms with Crippen molar-refractivity contribution in [3.63, 3.8) is 0 Å². The number of rotatable bonds is 8. The van der Waals surface area contributed by atoms with E-state index in [0.717, 1.165) is 31.0 Å². The van der Waals surface area contributed by atoms with Crippen LogP contribution in [0.15, 0.2) is 55.0 Å². The molecule has 3 heterocycles. The molecule has 1 atom stereocenters. The van der Waals surface area contributed by atoms with E-state index in [1.54, 1.807) is 0 Å². The molecule has 156 valence electrons.